The Kier molecular flexibility index (Phi) is 6.18. The number of ketones is 1. The summed E-state index contributed by atoms with van der Waals surface area (Å²) in [4.78, 5) is 11.7. The summed E-state index contributed by atoms with van der Waals surface area (Å²) in [6.45, 7) is 8.51. The number of hydrogen-bond acceptors (Lipinski definition) is 2. The van der Waals surface area contributed by atoms with E-state index in [1.165, 1.54) is 32.1 Å². The highest BCUT2D eigenvalue weighted by Crippen LogP contribution is 2.28. The van der Waals surface area contributed by atoms with Gasteiger partial charge in [-0.25, -0.2) is 0 Å². The van der Waals surface area contributed by atoms with E-state index in [1.807, 2.05) is 13.8 Å². The second-order valence-electron chi connectivity index (χ2n) is 6.02. The third-order valence-corrected chi connectivity index (χ3v) is 4.11. The van der Waals surface area contributed by atoms with Crippen LogP contribution in [-0.2, 0) is 4.79 Å². The normalized spacial score (nSPS) is 27.1. The quantitative estimate of drug-likeness (QED) is 0.768. The van der Waals surface area contributed by atoms with Crippen molar-refractivity contribution in [3.8, 4) is 0 Å². The van der Waals surface area contributed by atoms with Crippen LogP contribution in [0.1, 0.15) is 66.2 Å². The van der Waals surface area contributed by atoms with Gasteiger partial charge >= 0.3 is 0 Å². The van der Waals surface area contributed by atoms with Gasteiger partial charge in [-0.05, 0) is 44.9 Å². The van der Waals surface area contributed by atoms with Crippen LogP contribution >= 0.6 is 0 Å². The zero-order valence-corrected chi connectivity index (χ0v) is 12.0. The van der Waals surface area contributed by atoms with E-state index in [1.54, 1.807) is 0 Å². The molecule has 0 radical (unpaired) electrons. The lowest BCUT2D eigenvalue weighted by Crippen LogP contribution is -2.39. The van der Waals surface area contributed by atoms with E-state index in [2.05, 4.69) is 19.2 Å². The van der Waals surface area contributed by atoms with Crippen molar-refractivity contribution in [1.82, 2.24) is 5.32 Å². The molecule has 100 valence electrons. The van der Waals surface area contributed by atoms with Gasteiger partial charge in [-0.1, -0.05) is 20.8 Å². The summed E-state index contributed by atoms with van der Waals surface area (Å²) in [6.07, 6.45) is 6.97. The number of rotatable bonds is 6. The van der Waals surface area contributed by atoms with E-state index in [0.717, 1.165) is 6.42 Å². The Bertz CT molecular complexity index is 229. The summed E-state index contributed by atoms with van der Waals surface area (Å²) in [5.41, 5.74) is 0. The average Bonchev–Trinajstić information content (AvgIpc) is 2.31. The Morgan fingerprint density at radius 3 is 2.24 bits per heavy atom. The van der Waals surface area contributed by atoms with E-state index in [9.17, 15) is 4.79 Å². The third kappa shape index (κ3) is 5.20. The standard InChI is InChI=1S/C15H29NO/c1-5-12(4)16-14-8-6-13(7-9-14)10-15(17)11(2)3/h11-14,16H,5-10H2,1-4H3. The van der Waals surface area contributed by atoms with E-state index in [4.69, 9.17) is 0 Å². The molecule has 0 spiro atoms. The molecule has 17 heavy (non-hydrogen) atoms. The predicted molar refractivity (Wildman–Crippen MR) is 73.1 cm³/mol. The van der Waals surface area contributed by atoms with Crippen LogP contribution in [0.25, 0.3) is 0 Å². The first-order valence-corrected chi connectivity index (χ1v) is 7.31. The van der Waals surface area contributed by atoms with Crippen molar-refractivity contribution in [2.75, 3.05) is 0 Å². The lowest BCUT2D eigenvalue weighted by molar-refractivity contribution is -0.123. The number of carbonyl (C=O) groups excluding carboxylic acids is 1. The number of nitrogens with one attached hydrogen (secondary N) is 1. The molecular weight excluding hydrogens is 210 g/mol. The van der Waals surface area contributed by atoms with Gasteiger partial charge in [0.15, 0.2) is 0 Å². The molecule has 0 heterocycles. The number of Topliss-reactive ketones (excluding diaryl/α,β-unsaturated/α-hetero) is 1. The molecule has 1 aliphatic rings. The average molecular weight is 239 g/mol. The Balaban J connectivity index is 2.24. The summed E-state index contributed by atoms with van der Waals surface area (Å²) in [5.74, 6) is 1.31. The molecule has 2 heteroatoms. The van der Waals surface area contributed by atoms with E-state index < -0.39 is 0 Å². The van der Waals surface area contributed by atoms with Gasteiger partial charge in [0.05, 0.1) is 0 Å². The number of hydrogen-bond donors (Lipinski definition) is 1. The first kappa shape index (κ1) is 14.7. The van der Waals surface area contributed by atoms with Crippen LogP contribution in [-0.4, -0.2) is 17.9 Å². The molecule has 1 aliphatic carbocycles. The Labute approximate surface area is 107 Å². The van der Waals surface area contributed by atoms with Crippen molar-refractivity contribution in [2.24, 2.45) is 11.8 Å². The molecule has 0 amide bonds. The summed E-state index contributed by atoms with van der Waals surface area (Å²) < 4.78 is 0. The molecular formula is C15H29NO. The summed E-state index contributed by atoms with van der Waals surface area (Å²) >= 11 is 0. The van der Waals surface area contributed by atoms with Crippen LogP contribution in [0.4, 0.5) is 0 Å². The van der Waals surface area contributed by atoms with Crippen LogP contribution in [0, 0.1) is 11.8 Å². The van der Waals surface area contributed by atoms with Gasteiger partial charge in [0.1, 0.15) is 5.78 Å². The maximum atomic E-state index is 11.7. The third-order valence-electron chi connectivity index (χ3n) is 4.11. The van der Waals surface area contributed by atoms with Crippen LogP contribution in [0.5, 0.6) is 0 Å². The molecule has 1 atom stereocenters. The molecule has 2 nitrogen and oxygen atoms in total. The van der Waals surface area contributed by atoms with E-state index >= 15 is 0 Å². The lowest BCUT2D eigenvalue weighted by Gasteiger charge is -2.31. The van der Waals surface area contributed by atoms with Crippen molar-refractivity contribution in [3.63, 3.8) is 0 Å². The van der Waals surface area contributed by atoms with E-state index in [-0.39, 0.29) is 5.92 Å². The molecule has 0 aromatic carbocycles. The van der Waals surface area contributed by atoms with Crippen LogP contribution < -0.4 is 5.32 Å². The minimum Gasteiger partial charge on any atom is -0.312 e. The zero-order valence-electron chi connectivity index (χ0n) is 12.0. The summed E-state index contributed by atoms with van der Waals surface area (Å²) in [5, 5.41) is 3.68. The molecule has 0 aliphatic heterocycles. The topological polar surface area (TPSA) is 29.1 Å². The molecule has 1 rings (SSSR count). The van der Waals surface area contributed by atoms with Gasteiger partial charge < -0.3 is 5.32 Å². The summed E-state index contributed by atoms with van der Waals surface area (Å²) in [7, 11) is 0. The lowest BCUT2D eigenvalue weighted by atomic mass is 9.81. The highest BCUT2D eigenvalue weighted by Gasteiger charge is 2.24. The maximum Gasteiger partial charge on any atom is 0.135 e. The molecule has 0 aromatic rings. The smallest absolute Gasteiger partial charge is 0.135 e. The van der Waals surface area contributed by atoms with Crippen molar-refractivity contribution in [1.29, 1.82) is 0 Å². The molecule has 0 aromatic heterocycles. The molecule has 0 saturated heterocycles. The van der Waals surface area contributed by atoms with Gasteiger partial charge in [0.2, 0.25) is 0 Å². The Morgan fingerprint density at radius 1 is 1.18 bits per heavy atom. The van der Waals surface area contributed by atoms with E-state index in [0.29, 0.717) is 23.8 Å². The monoisotopic (exact) mass is 239 g/mol. The Hall–Kier alpha value is -0.370. The van der Waals surface area contributed by atoms with Gasteiger partial charge in [-0.15, -0.1) is 0 Å². The fourth-order valence-corrected chi connectivity index (χ4v) is 2.57. The second-order valence-corrected chi connectivity index (χ2v) is 6.02. The van der Waals surface area contributed by atoms with Gasteiger partial charge in [0.25, 0.3) is 0 Å². The number of carbonyl (C=O) groups is 1. The summed E-state index contributed by atoms with van der Waals surface area (Å²) in [6, 6.07) is 1.32. The van der Waals surface area contributed by atoms with Gasteiger partial charge in [0, 0.05) is 24.4 Å². The molecule has 0 bridgehead atoms. The highest BCUT2D eigenvalue weighted by atomic mass is 16.1. The van der Waals surface area contributed by atoms with Crippen molar-refractivity contribution in [2.45, 2.75) is 78.3 Å². The first-order chi connectivity index (χ1) is 8.02. The molecule has 1 N–H and O–H groups in total. The predicted octanol–water partition coefficient (Wildman–Crippen LogP) is 3.55. The van der Waals surface area contributed by atoms with Crippen LogP contribution in [0.15, 0.2) is 0 Å². The van der Waals surface area contributed by atoms with Crippen molar-refractivity contribution >= 4 is 5.78 Å². The second kappa shape index (κ2) is 7.15. The van der Waals surface area contributed by atoms with Crippen LogP contribution in [0.3, 0.4) is 0 Å². The van der Waals surface area contributed by atoms with Crippen molar-refractivity contribution < 1.29 is 4.79 Å². The minimum absolute atomic E-state index is 0.214. The fourth-order valence-electron chi connectivity index (χ4n) is 2.57. The van der Waals surface area contributed by atoms with Gasteiger partial charge in [-0.3, -0.25) is 4.79 Å². The largest absolute Gasteiger partial charge is 0.312 e. The SMILES string of the molecule is CCC(C)NC1CCC(CC(=O)C(C)C)CC1. The molecule has 1 saturated carbocycles. The maximum absolute atomic E-state index is 11.7. The molecule has 1 fully saturated rings. The Morgan fingerprint density at radius 2 is 1.76 bits per heavy atom. The molecule has 1 unspecified atom stereocenters. The minimum atomic E-state index is 0.214. The van der Waals surface area contributed by atoms with Crippen molar-refractivity contribution in [3.05, 3.63) is 0 Å². The fraction of sp³-hybridized carbons (Fsp3) is 0.933. The van der Waals surface area contributed by atoms with Crippen LogP contribution in [0.2, 0.25) is 0 Å². The first-order valence-electron chi connectivity index (χ1n) is 7.31. The zero-order chi connectivity index (χ0) is 12.8. The van der Waals surface area contributed by atoms with Gasteiger partial charge in [-0.2, -0.15) is 0 Å². The highest BCUT2D eigenvalue weighted by molar-refractivity contribution is 5.80.